The quantitative estimate of drug-likeness (QED) is 0.796. The second-order valence-electron chi connectivity index (χ2n) is 4.80. The van der Waals surface area contributed by atoms with Crippen molar-refractivity contribution in [1.29, 1.82) is 0 Å². The van der Waals surface area contributed by atoms with Crippen LogP contribution >= 0.6 is 0 Å². The zero-order chi connectivity index (χ0) is 11.2. The highest BCUT2D eigenvalue weighted by atomic mass is 14.9. The molecule has 0 unspecified atom stereocenters. The van der Waals surface area contributed by atoms with Gasteiger partial charge in [-0.05, 0) is 36.4 Å². The minimum Gasteiger partial charge on any atom is -0.326 e. The van der Waals surface area contributed by atoms with Crippen LogP contribution in [0.25, 0.3) is 0 Å². The first kappa shape index (κ1) is 11.6. The van der Waals surface area contributed by atoms with Crippen LogP contribution in [0.2, 0.25) is 0 Å². The van der Waals surface area contributed by atoms with Crippen molar-refractivity contribution in [2.75, 3.05) is 6.54 Å². The minimum atomic E-state index is 0.635. The van der Waals surface area contributed by atoms with Gasteiger partial charge in [0.15, 0.2) is 0 Å². The van der Waals surface area contributed by atoms with Crippen LogP contribution in [-0.4, -0.2) is 6.54 Å². The molecule has 0 heterocycles. The van der Waals surface area contributed by atoms with Crippen molar-refractivity contribution in [2.45, 2.75) is 38.8 Å². The summed E-state index contributed by atoms with van der Waals surface area (Å²) in [5.41, 5.74) is 8.13. The Morgan fingerprint density at radius 3 is 2.31 bits per heavy atom. The maximum absolute atomic E-state index is 5.57. The smallest absolute Gasteiger partial charge is 0.0205 e. The highest BCUT2D eigenvalue weighted by molar-refractivity contribution is 5.22. The Morgan fingerprint density at radius 1 is 1.06 bits per heavy atom. The van der Waals surface area contributed by atoms with E-state index < -0.39 is 0 Å². The van der Waals surface area contributed by atoms with Crippen LogP contribution in [0.3, 0.4) is 0 Å². The molecule has 0 radical (unpaired) electrons. The van der Waals surface area contributed by atoms with E-state index in [1.165, 1.54) is 43.4 Å². The SMILES string of the molecule is NCc1ccc(CNCC2CCCC2)cc1. The standard InChI is InChI=1S/C14H22N2/c15-9-12-5-7-14(8-6-12)11-16-10-13-3-1-2-4-13/h5-8,13,16H,1-4,9-11,15H2. The lowest BCUT2D eigenvalue weighted by molar-refractivity contribution is 0.489. The summed E-state index contributed by atoms with van der Waals surface area (Å²) in [5, 5.41) is 3.55. The Balaban J connectivity index is 1.71. The predicted molar refractivity (Wildman–Crippen MR) is 68.0 cm³/mol. The third-order valence-electron chi connectivity index (χ3n) is 3.50. The molecule has 1 aromatic rings. The summed E-state index contributed by atoms with van der Waals surface area (Å²) in [4.78, 5) is 0. The van der Waals surface area contributed by atoms with Crippen molar-refractivity contribution in [1.82, 2.24) is 5.32 Å². The highest BCUT2D eigenvalue weighted by Gasteiger charge is 2.13. The zero-order valence-electron chi connectivity index (χ0n) is 9.91. The maximum Gasteiger partial charge on any atom is 0.0205 e. The van der Waals surface area contributed by atoms with Crippen molar-refractivity contribution in [2.24, 2.45) is 11.7 Å². The average molecular weight is 218 g/mol. The summed E-state index contributed by atoms with van der Waals surface area (Å²) in [6.45, 7) is 2.80. The average Bonchev–Trinajstić information content (AvgIpc) is 2.83. The number of hydrogen-bond acceptors (Lipinski definition) is 2. The number of nitrogens with one attached hydrogen (secondary N) is 1. The van der Waals surface area contributed by atoms with E-state index in [1.54, 1.807) is 0 Å². The summed E-state index contributed by atoms with van der Waals surface area (Å²) >= 11 is 0. The lowest BCUT2D eigenvalue weighted by Crippen LogP contribution is -2.20. The zero-order valence-corrected chi connectivity index (χ0v) is 9.91. The summed E-state index contributed by atoms with van der Waals surface area (Å²) in [5.74, 6) is 0.920. The van der Waals surface area contributed by atoms with Gasteiger partial charge < -0.3 is 11.1 Å². The van der Waals surface area contributed by atoms with E-state index in [0.717, 1.165) is 12.5 Å². The second kappa shape index (κ2) is 6.02. The van der Waals surface area contributed by atoms with Crippen LogP contribution in [-0.2, 0) is 13.1 Å². The van der Waals surface area contributed by atoms with E-state index in [4.69, 9.17) is 5.73 Å². The van der Waals surface area contributed by atoms with Crippen molar-refractivity contribution in [3.63, 3.8) is 0 Å². The summed E-state index contributed by atoms with van der Waals surface area (Å²) in [7, 11) is 0. The molecule has 0 aliphatic heterocycles. The Kier molecular flexibility index (Phi) is 4.37. The molecule has 0 amide bonds. The van der Waals surface area contributed by atoms with Gasteiger partial charge in [-0.2, -0.15) is 0 Å². The van der Waals surface area contributed by atoms with E-state index in [1.807, 2.05) is 0 Å². The summed E-state index contributed by atoms with van der Waals surface area (Å²) < 4.78 is 0. The third kappa shape index (κ3) is 3.32. The highest BCUT2D eigenvalue weighted by Crippen LogP contribution is 2.23. The maximum atomic E-state index is 5.57. The van der Waals surface area contributed by atoms with Crippen LogP contribution in [0.1, 0.15) is 36.8 Å². The lowest BCUT2D eigenvalue weighted by Gasteiger charge is -2.10. The molecule has 2 rings (SSSR count). The number of nitrogens with two attached hydrogens (primary N) is 1. The van der Waals surface area contributed by atoms with E-state index >= 15 is 0 Å². The first-order valence-electron chi connectivity index (χ1n) is 6.37. The van der Waals surface area contributed by atoms with Crippen molar-refractivity contribution >= 4 is 0 Å². The molecule has 2 heteroatoms. The van der Waals surface area contributed by atoms with Crippen molar-refractivity contribution < 1.29 is 0 Å². The third-order valence-corrected chi connectivity index (χ3v) is 3.50. The molecular weight excluding hydrogens is 196 g/mol. The molecule has 0 saturated heterocycles. The normalized spacial score (nSPS) is 16.8. The molecule has 1 saturated carbocycles. The Labute approximate surface area is 98.2 Å². The number of hydrogen-bond donors (Lipinski definition) is 2. The van der Waals surface area contributed by atoms with Gasteiger partial charge in [-0.1, -0.05) is 37.1 Å². The topological polar surface area (TPSA) is 38.0 Å². The molecule has 0 spiro atoms. The molecule has 0 bridgehead atoms. The Hall–Kier alpha value is -0.860. The van der Waals surface area contributed by atoms with Gasteiger partial charge in [0, 0.05) is 13.1 Å². The summed E-state index contributed by atoms with van der Waals surface area (Å²) in [6, 6.07) is 8.58. The molecule has 0 atom stereocenters. The van der Waals surface area contributed by atoms with E-state index in [-0.39, 0.29) is 0 Å². The van der Waals surface area contributed by atoms with Crippen molar-refractivity contribution in [3.05, 3.63) is 35.4 Å². The fourth-order valence-corrected chi connectivity index (χ4v) is 2.43. The van der Waals surface area contributed by atoms with Gasteiger partial charge in [0.25, 0.3) is 0 Å². The van der Waals surface area contributed by atoms with E-state index in [2.05, 4.69) is 29.6 Å². The van der Waals surface area contributed by atoms with Crippen LogP contribution in [0.15, 0.2) is 24.3 Å². The van der Waals surface area contributed by atoms with Gasteiger partial charge in [-0.15, -0.1) is 0 Å². The molecule has 1 aromatic carbocycles. The molecule has 3 N–H and O–H groups in total. The molecule has 2 nitrogen and oxygen atoms in total. The molecule has 0 aromatic heterocycles. The predicted octanol–water partition coefficient (Wildman–Crippen LogP) is 2.43. The van der Waals surface area contributed by atoms with E-state index in [0.29, 0.717) is 6.54 Å². The first-order chi connectivity index (χ1) is 7.88. The molecule has 1 fully saturated rings. The largest absolute Gasteiger partial charge is 0.326 e. The van der Waals surface area contributed by atoms with Crippen LogP contribution in [0.4, 0.5) is 0 Å². The molecule has 1 aliphatic rings. The first-order valence-corrected chi connectivity index (χ1v) is 6.37. The van der Waals surface area contributed by atoms with Gasteiger partial charge in [0.05, 0.1) is 0 Å². The Bertz CT molecular complexity index is 299. The van der Waals surface area contributed by atoms with Gasteiger partial charge in [-0.25, -0.2) is 0 Å². The van der Waals surface area contributed by atoms with Gasteiger partial charge in [-0.3, -0.25) is 0 Å². The number of rotatable bonds is 5. The van der Waals surface area contributed by atoms with Crippen molar-refractivity contribution in [3.8, 4) is 0 Å². The molecule has 88 valence electrons. The molecule has 16 heavy (non-hydrogen) atoms. The monoisotopic (exact) mass is 218 g/mol. The van der Waals surface area contributed by atoms with Gasteiger partial charge in [0.1, 0.15) is 0 Å². The van der Waals surface area contributed by atoms with Crippen LogP contribution < -0.4 is 11.1 Å². The molecule has 1 aliphatic carbocycles. The molecular formula is C14H22N2. The minimum absolute atomic E-state index is 0.635. The summed E-state index contributed by atoms with van der Waals surface area (Å²) in [6.07, 6.45) is 5.69. The fraction of sp³-hybridized carbons (Fsp3) is 0.571. The fourth-order valence-electron chi connectivity index (χ4n) is 2.43. The van der Waals surface area contributed by atoms with Crippen LogP contribution in [0.5, 0.6) is 0 Å². The van der Waals surface area contributed by atoms with Crippen LogP contribution in [0, 0.1) is 5.92 Å². The van der Waals surface area contributed by atoms with Gasteiger partial charge >= 0.3 is 0 Å². The number of benzene rings is 1. The lowest BCUT2D eigenvalue weighted by atomic mass is 10.1. The second-order valence-corrected chi connectivity index (χ2v) is 4.80. The van der Waals surface area contributed by atoms with E-state index in [9.17, 15) is 0 Å². The Morgan fingerprint density at radius 2 is 1.69 bits per heavy atom. The van der Waals surface area contributed by atoms with Gasteiger partial charge in [0.2, 0.25) is 0 Å².